The lowest BCUT2D eigenvalue weighted by Crippen LogP contribution is -2.53. The van der Waals surface area contributed by atoms with Crippen LogP contribution in [0.25, 0.3) is 0 Å². The Morgan fingerprint density at radius 2 is 1.93 bits per heavy atom. The van der Waals surface area contributed by atoms with Crippen LogP contribution in [0.5, 0.6) is 0 Å². The van der Waals surface area contributed by atoms with Gasteiger partial charge in [-0.15, -0.1) is 0 Å². The smallest absolute Gasteiger partial charge is 0.254 e. The summed E-state index contributed by atoms with van der Waals surface area (Å²) < 4.78 is 13.9. The van der Waals surface area contributed by atoms with Crippen molar-refractivity contribution >= 4 is 11.8 Å². The first-order chi connectivity index (χ1) is 13.0. The summed E-state index contributed by atoms with van der Waals surface area (Å²) in [5.74, 6) is -1.00. The first-order valence-electron chi connectivity index (χ1n) is 9.31. The summed E-state index contributed by atoms with van der Waals surface area (Å²) in [6.45, 7) is 5.01. The van der Waals surface area contributed by atoms with Crippen molar-refractivity contribution in [3.05, 3.63) is 53.6 Å². The Balaban J connectivity index is 1.64. The van der Waals surface area contributed by atoms with Crippen LogP contribution in [-0.4, -0.2) is 46.0 Å². The van der Waals surface area contributed by atoms with Crippen molar-refractivity contribution in [1.82, 2.24) is 20.4 Å². The molecule has 144 valence electrons. The number of H-pyrrole nitrogens is 1. The molecule has 0 aliphatic carbocycles. The molecule has 2 aromatic rings. The lowest BCUT2D eigenvalue weighted by Gasteiger charge is -2.35. The molecule has 3 rings (SSSR count). The number of amides is 2. The molecule has 0 bridgehead atoms. The third-order valence-corrected chi connectivity index (χ3v) is 5.11. The molecule has 0 spiro atoms. The highest BCUT2D eigenvalue weighted by Gasteiger charge is 2.32. The van der Waals surface area contributed by atoms with E-state index < -0.39 is 17.8 Å². The average Bonchev–Trinajstić information content (AvgIpc) is 3.20. The molecule has 0 saturated carbocycles. The van der Waals surface area contributed by atoms with Crippen LogP contribution in [0.2, 0.25) is 0 Å². The summed E-state index contributed by atoms with van der Waals surface area (Å²) >= 11 is 0. The van der Waals surface area contributed by atoms with Crippen LogP contribution in [-0.2, 0) is 4.79 Å². The summed E-state index contributed by atoms with van der Waals surface area (Å²) in [7, 11) is 0. The zero-order valence-corrected chi connectivity index (χ0v) is 15.6. The van der Waals surface area contributed by atoms with Crippen LogP contribution in [0.3, 0.4) is 0 Å². The van der Waals surface area contributed by atoms with Gasteiger partial charge in [-0.1, -0.05) is 26.0 Å². The van der Waals surface area contributed by atoms with E-state index in [0.717, 1.165) is 18.5 Å². The van der Waals surface area contributed by atoms with Gasteiger partial charge in [0.2, 0.25) is 5.91 Å². The maximum absolute atomic E-state index is 13.9. The van der Waals surface area contributed by atoms with Gasteiger partial charge in [0.25, 0.3) is 5.91 Å². The Morgan fingerprint density at radius 3 is 2.52 bits per heavy atom. The Morgan fingerprint density at radius 1 is 1.22 bits per heavy atom. The van der Waals surface area contributed by atoms with Crippen molar-refractivity contribution in [2.75, 3.05) is 13.1 Å². The molecular formula is C20H25FN4O2. The molecule has 0 radical (unpaired) electrons. The van der Waals surface area contributed by atoms with E-state index in [1.54, 1.807) is 17.2 Å². The van der Waals surface area contributed by atoms with Crippen LogP contribution in [0.1, 0.15) is 48.7 Å². The summed E-state index contributed by atoms with van der Waals surface area (Å²) in [6, 6.07) is 7.07. The molecule has 1 aliphatic heterocycles. The first kappa shape index (κ1) is 19.1. The van der Waals surface area contributed by atoms with Gasteiger partial charge in [-0.05, 0) is 37.0 Å². The Hall–Kier alpha value is -2.70. The summed E-state index contributed by atoms with van der Waals surface area (Å²) in [4.78, 5) is 27.2. The van der Waals surface area contributed by atoms with Gasteiger partial charge in [-0.25, -0.2) is 4.39 Å². The Bertz CT molecular complexity index is 783. The van der Waals surface area contributed by atoms with E-state index in [9.17, 15) is 14.0 Å². The zero-order chi connectivity index (χ0) is 19.4. The predicted octanol–water partition coefficient (Wildman–Crippen LogP) is 2.71. The van der Waals surface area contributed by atoms with E-state index in [0.29, 0.717) is 19.0 Å². The Kier molecular flexibility index (Phi) is 5.88. The monoisotopic (exact) mass is 372 g/mol. The molecule has 6 nitrogen and oxygen atoms in total. The van der Waals surface area contributed by atoms with Gasteiger partial charge in [0.15, 0.2) is 0 Å². The summed E-state index contributed by atoms with van der Waals surface area (Å²) in [6.07, 6.45) is 3.43. The number of hydrogen-bond donors (Lipinski definition) is 2. The van der Waals surface area contributed by atoms with E-state index in [1.807, 2.05) is 19.9 Å². The fourth-order valence-corrected chi connectivity index (χ4v) is 3.48. The fourth-order valence-electron chi connectivity index (χ4n) is 3.48. The zero-order valence-electron chi connectivity index (χ0n) is 15.6. The molecule has 1 unspecified atom stereocenters. The van der Waals surface area contributed by atoms with Gasteiger partial charge >= 0.3 is 0 Å². The number of benzene rings is 1. The van der Waals surface area contributed by atoms with E-state index in [1.165, 1.54) is 18.2 Å². The van der Waals surface area contributed by atoms with Gasteiger partial charge < -0.3 is 10.2 Å². The van der Waals surface area contributed by atoms with Crippen LogP contribution in [0.15, 0.2) is 36.5 Å². The molecule has 7 heteroatoms. The number of likely N-dealkylation sites (tertiary alicyclic amines) is 1. The molecule has 2 N–H and O–H groups in total. The SMILES string of the molecule is CC(C)C(NC(=O)c1ccccc1F)C(=O)N1CCC(c2ccn[nH]2)CC1. The van der Waals surface area contributed by atoms with Crippen LogP contribution >= 0.6 is 0 Å². The quantitative estimate of drug-likeness (QED) is 0.847. The van der Waals surface area contributed by atoms with Crippen LogP contribution < -0.4 is 5.32 Å². The number of rotatable bonds is 5. The van der Waals surface area contributed by atoms with Gasteiger partial charge in [0.05, 0.1) is 5.56 Å². The maximum atomic E-state index is 13.9. The highest BCUT2D eigenvalue weighted by molar-refractivity contribution is 5.97. The van der Waals surface area contributed by atoms with E-state index in [-0.39, 0.29) is 17.4 Å². The maximum Gasteiger partial charge on any atom is 0.254 e. The number of carbonyl (C=O) groups excluding carboxylic acids is 2. The standard InChI is InChI=1S/C20H25FN4O2/c1-13(2)18(23-19(26)15-5-3-4-6-16(15)21)20(27)25-11-8-14(9-12-25)17-7-10-22-24-17/h3-7,10,13-14,18H,8-9,11-12H2,1-2H3,(H,22,24)(H,23,26). The summed E-state index contributed by atoms with van der Waals surface area (Å²) in [5, 5.41) is 9.71. The number of carbonyl (C=O) groups is 2. The lowest BCUT2D eigenvalue weighted by atomic mass is 9.92. The lowest BCUT2D eigenvalue weighted by molar-refractivity contribution is -0.135. The normalized spacial score (nSPS) is 16.4. The van der Waals surface area contributed by atoms with Crippen molar-refractivity contribution in [3.63, 3.8) is 0 Å². The van der Waals surface area contributed by atoms with Crippen molar-refractivity contribution in [3.8, 4) is 0 Å². The van der Waals surface area contributed by atoms with E-state index >= 15 is 0 Å². The minimum absolute atomic E-state index is 0.0473. The molecule has 1 aromatic heterocycles. The third kappa shape index (κ3) is 4.35. The number of piperidine rings is 1. The molecule has 1 fully saturated rings. The molecule has 1 aliphatic rings. The number of aromatic amines is 1. The van der Waals surface area contributed by atoms with Crippen molar-refractivity contribution < 1.29 is 14.0 Å². The highest BCUT2D eigenvalue weighted by Crippen LogP contribution is 2.27. The predicted molar refractivity (Wildman–Crippen MR) is 99.6 cm³/mol. The van der Waals surface area contributed by atoms with Crippen molar-refractivity contribution in [2.45, 2.75) is 38.6 Å². The van der Waals surface area contributed by atoms with Gasteiger partial charge in [0, 0.05) is 30.9 Å². The molecular weight excluding hydrogens is 347 g/mol. The fraction of sp³-hybridized carbons (Fsp3) is 0.450. The molecule has 27 heavy (non-hydrogen) atoms. The Labute approximate surface area is 158 Å². The number of halogens is 1. The van der Waals surface area contributed by atoms with E-state index in [2.05, 4.69) is 15.5 Å². The van der Waals surface area contributed by atoms with Gasteiger partial charge in [-0.3, -0.25) is 14.7 Å². The second kappa shape index (κ2) is 8.33. The highest BCUT2D eigenvalue weighted by atomic mass is 19.1. The first-order valence-corrected chi connectivity index (χ1v) is 9.31. The van der Waals surface area contributed by atoms with Gasteiger partial charge in [0.1, 0.15) is 11.9 Å². The third-order valence-electron chi connectivity index (χ3n) is 5.11. The summed E-state index contributed by atoms with van der Waals surface area (Å²) in [5.41, 5.74) is 1.05. The number of nitrogens with one attached hydrogen (secondary N) is 2. The molecule has 1 aromatic carbocycles. The van der Waals surface area contributed by atoms with E-state index in [4.69, 9.17) is 0 Å². The number of nitrogens with zero attached hydrogens (tertiary/aromatic N) is 2. The second-order valence-corrected chi connectivity index (χ2v) is 7.29. The molecule has 2 amide bonds. The molecule has 2 heterocycles. The minimum Gasteiger partial charge on any atom is -0.341 e. The minimum atomic E-state index is -0.680. The van der Waals surface area contributed by atoms with Crippen molar-refractivity contribution in [2.24, 2.45) is 5.92 Å². The molecule has 1 saturated heterocycles. The average molecular weight is 372 g/mol. The molecule has 1 atom stereocenters. The topological polar surface area (TPSA) is 78.1 Å². The number of hydrogen-bond acceptors (Lipinski definition) is 3. The second-order valence-electron chi connectivity index (χ2n) is 7.29. The van der Waals surface area contributed by atoms with Crippen LogP contribution in [0, 0.1) is 11.7 Å². The largest absolute Gasteiger partial charge is 0.341 e. The van der Waals surface area contributed by atoms with Crippen LogP contribution in [0.4, 0.5) is 4.39 Å². The van der Waals surface area contributed by atoms with Gasteiger partial charge in [-0.2, -0.15) is 5.10 Å². The van der Waals surface area contributed by atoms with Crippen molar-refractivity contribution in [1.29, 1.82) is 0 Å². The number of aromatic nitrogens is 2.